The fourth-order valence-corrected chi connectivity index (χ4v) is 2.65. The molecule has 0 spiro atoms. The summed E-state index contributed by atoms with van der Waals surface area (Å²) in [5, 5.41) is 3.30. The van der Waals surface area contributed by atoms with E-state index < -0.39 is 5.54 Å². The third kappa shape index (κ3) is 3.53. The van der Waals surface area contributed by atoms with Crippen molar-refractivity contribution in [3.8, 4) is 0 Å². The van der Waals surface area contributed by atoms with Crippen LogP contribution in [0.5, 0.6) is 0 Å². The van der Waals surface area contributed by atoms with Crippen molar-refractivity contribution in [2.24, 2.45) is 0 Å². The summed E-state index contributed by atoms with van der Waals surface area (Å²) in [6, 6.07) is 6.03. The lowest BCUT2D eigenvalue weighted by Gasteiger charge is -2.44. The SMILES string of the molecule is CCCNc1cccc(CN2CCN(C)C(=O)C2(C)C)n1. The average Bonchev–Trinajstić information content (AvgIpc) is 2.47. The second-order valence-corrected chi connectivity index (χ2v) is 6.15. The minimum Gasteiger partial charge on any atom is -0.370 e. The Kier molecular flexibility index (Phi) is 4.83. The maximum atomic E-state index is 12.3. The quantitative estimate of drug-likeness (QED) is 0.900. The lowest BCUT2D eigenvalue weighted by atomic mass is 9.97. The van der Waals surface area contributed by atoms with Crippen molar-refractivity contribution in [3.63, 3.8) is 0 Å². The van der Waals surface area contributed by atoms with Crippen LogP contribution in [0.1, 0.15) is 32.9 Å². The summed E-state index contributed by atoms with van der Waals surface area (Å²) in [5.74, 6) is 1.08. The lowest BCUT2D eigenvalue weighted by Crippen LogP contribution is -2.61. The van der Waals surface area contributed by atoms with E-state index in [0.29, 0.717) is 6.54 Å². The van der Waals surface area contributed by atoms with Gasteiger partial charge in [-0.2, -0.15) is 0 Å². The largest absolute Gasteiger partial charge is 0.370 e. The Morgan fingerprint density at radius 3 is 2.81 bits per heavy atom. The van der Waals surface area contributed by atoms with E-state index in [1.54, 1.807) is 0 Å². The fraction of sp³-hybridized carbons (Fsp3) is 0.625. The number of rotatable bonds is 5. The van der Waals surface area contributed by atoms with E-state index in [1.165, 1.54) is 0 Å². The molecule has 0 saturated carbocycles. The maximum Gasteiger partial charge on any atom is 0.242 e. The van der Waals surface area contributed by atoms with Crippen molar-refractivity contribution in [2.45, 2.75) is 39.3 Å². The topological polar surface area (TPSA) is 48.5 Å². The second kappa shape index (κ2) is 6.43. The highest BCUT2D eigenvalue weighted by Crippen LogP contribution is 2.23. The highest BCUT2D eigenvalue weighted by Gasteiger charge is 2.40. The fourth-order valence-electron chi connectivity index (χ4n) is 2.65. The van der Waals surface area contributed by atoms with Crippen molar-refractivity contribution in [2.75, 3.05) is 32.0 Å². The number of likely N-dealkylation sites (N-methyl/N-ethyl adjacent to an activating group) is 1. The number of carbonyl (C=O) groups excluding carboxylic acids is 1. The molecule has 0 aliphatic carbocycles. The first-order chi connectivity index (χ1) is 9.95. The monoisotopic (exact) mass is 290 g/mol. The van der Waals surface area contributed by atoms with Crippen LogP contribution < -0.4 is 5.32 Å². The number of pyridine rings is 1. The number of hydrogen-bond acceptors (Lipinski definition) is 4. The van der Waals surface area contributed by atoms with E-state index in [9.17, 15) is 4.79 Å². The Morgan fingerprint density at radius 2 is 2.10 bits per heavy atom. The van der Waals surface area contributed by atoms with Crippen molar-refractivity contribution in [1.29, 1.82) is 0 Å². The summed E-state index contributed by atoms with van der Waals surface area (Å²) in [7, 11) is 1.87. The third-order valence-electron chi connectivity index (χ3n) is 4.08. The molecule has 1 aromatic rings. The van der Waals surface area contributed by atoms with Gasteiger partial charge >= 0.3 is 0 Å². The average molecular weight is 290 g/mol. The van der Waals surface area contributed by atoms with Crippen LogP contribution >= 0.6 is 0 Å². The van der Waals surface area contributed by atoms with E-state index in [0.717, 1.165) is 37.6 Å². The van der Waals surface area contributed by atoms with Gasteiger partial charge in [0.1, 0.15) is 5.82 Å². The standard InChI is InChI=1S/C16H26N4O/c1-5-9-17-14-8-6-7-13(18-14)12-20-11-10-19(4)15(21)16(20,2)3/h6-8H,5,9-12H2,1-4H3,(H,17,18). The molecule has 5 heteroatoms. The molecule has 2 rings (SSSR count). The van der Waals surface area contributed by atoms with Crippen LogP contribution in [0.15, 0.2) is 18.2 Å². The zero-order valence-electron chi connectivity index (χ0n) is 13.5. The van der Waals surface area contributed by atoms with E-state index in [-0.39, 0.29) is 5.91 Å². The predicted octanol–water partition coefficient (Wildman–Crippen LogP) is 1.96. The molecule has 1 amide bonds. The van der Waals surface area contributed by atoms with Gasteiger partial charge in [-0.3, -0.25) is 9.69 Å². The molecule has 2 heterocycles. The first-order valence-electron chi connectivity index (χ1n) is 7.65. The highest BCUT2D eigenvalue weighted by molar-refractivity contribution is 5.86. The molecule has 21 heavy (non-hydrogen) atoms. The minimum atomic E-state index is -0.471. The van der Waals surface area contributed by atoms with Gasteiger partial charge in [0.25, 0.3) is 0 Å². The van der Waals surface area contributed by atoms with E-state index in [4.69, 9.17) is 0 Å². The first-order valence-corrected chi connectivity index (χ1v) is 7.65. The van der Waals surface area contributed by atoms with Crippen LogP contribution in [-0.4, -0.2) is 52.9 Å². The smallest absolute Gasteiger partial charge is 0.242 e. The molecule has 0 aromatic carbocycles. The molecule has 0 radical (unpaired) electrons. The van der Waals surface area contributed by atoms with E-state index >= 15 is 0 Å². The van der Waals surface area contributed by atoms with Gasteiger partial charge in [0.15, 0.2) is 0 Å². The zero-order chi connectivity index (χ0) is 15.5. The molecule has 1 saturated heterocycles. The molecule has 0 unspecified atom stereocenters. The number of piperazine rings is 1. The van der Waals surface area contributed by atoms with Gasteiger partial charge in [-0.25, -0.2) is 4.98 Å². The van der Waals surface area contributed by atoms with Gasteiger partial charge < -0.3 is 10.2 Å². The van der Waals surface area contributed by atoms with Gasteiger partial charge in [-0.1, -0.05) is 13.0 Å². The lowest BCUT2D eigenvalue weighted by molar-refractivity contribution is -0.147. The molecular formula is C16H26N4O. The van der Waals surface area contributed by atoms with Crippen LogP contribution in [0.2, 0.25) is 0 Å². The second-order valence-electron chi connectivity index (χ2n) is 6.15. The molecule has 1 aliphatic rings. The Morgan fingerprint density at radius 1 is 1.33 bits per heavy atom. The van der Waals surface area contributed by atoms with Gasteiger partial charge in [0.05, 0.1) is 11.2 Å². The summed E-state index contributed by atoms with van der Waals surface area (Å²) < 4.78 is 0. The van der Waals surface area contributed by atoms with Crippen LogP contribution in [0, 0.1) is 0 Å². The van der Waals surface area contributed by atoms with Crippen LogP contribution in [0.25, 0.3) is 0 Å². The van der Waals surface area contributed by atoms with Gasteiger partial charge in [0.2, 0.25) is 5.91 Å². The molecule has 0 atom stereocenters. The summed E-state index contributed by atoms with van der Waals surface area (Å²) in [4.78, 5) is 21.0. The summed E-state index contributed by atoms with van der Waals surface area (Å²) in [6.07, 6.45) is 1.08. The number of amides is 1. The number of nitrogens with one attached hydrogen (secondary N) is 1. The van der Waals surface area contributed by atoms with Crippen LogP contribution in [-0.2, 0) is 11.3 Å². The van der Waals surface area contributed by atoms with Crippen LogP contribution in [0.3, 0.4) is 0 Å². The zero-order valence-corrected chi connectivity index (χ0v) is 13.5. The normalized spacial score (nSPS) is 18.9. The highest BCUT2D eigenvalue weighted by atomic mass is 16.2. The molecule has 1 aromatic heterocycles. The molecule has 1 aliphatic heterocycles. The summed E-state index contributed by atoms with van der Waals surface area (Å²) in [6.45, 7) is 9.40. The molecule has 1 fully saturated rings. The van der Waals surface area contributed by atoms with Gasteiger partial charge in [-0.15, -0.1) is 0 Å². The summed E-state index contributed by atoms with van der Waals surface area (Å²) >= 11 is 0. The third-order valence-corrected chi connectivity index (χ3v) is 4.08. The number of aromatic nitrogens is 1. The Hall–Kier alpha value is -1.62. The molecule has 116 valence electrons. The van der Waals surface area contributed by atoms with E-state index in [1.807, 2.05) is 44.0 Å². The first kappa shape index (κ1) is 15.8. The number of anilines is 1. The van der Waals surface area contributed by atoms with Crippen LogP contribution in [0.4, 0.5) is 5.82 Å². The van der Waals surface area contributed by atoms with Crippen molar-refractivity contribution < 1.29 is 4.79 Å². The van der Waals surface area contributed by atoms with Gasteiger partial charge in [-0.05, 0) is 32.4 Å². The molecule has 0 bridgehead atoms. The van der Waals surface area contributed by atoms with Gasteiger partial charge in [0, 0.05) is 33.2 Å². The maximum absolute atomic E-state index is 12.3. The Bertz CT molecular complexity index is 501. The van der Waals surface area contributed by atoms with Crippen molar-refractivity contribution >= 4 is 11.7 Å². The number of carbonyl (C=O) groups is 1. The van der Waals surface area contributed by atoms with Crippen molar-refractivity contribution in [1.82, 2.24) is 14.8 Å². The van der Waals surface area contributed by atoms with E-state index in [2.05, 4.69) is 22.1 Å². The van der Waals surface area contributed by atoms with Crippen molar-refractivity contribution in [3.05, 3.63) is 23.9 Å². The number of hydrogen-bond donors (Lipinski definition) is 1. The Balaban J connectivity index is 2.09. The molecule has 5 nitrogen and oxygen atoms in total. The molecule has 1 N–H and O–H groups in total. The number of nitrogens with zero attached hydrogens (tertiary/aromatic N) is 3. The Labute approximate surface area is 127 Å². The predicted molar refractivity (Wildman–Crippen MR) is 85.1 cm³/mol. The molecular weight excluding hydrogens is 264 g/mol. The summed E-state index contributed by atoms with van der Waals surface area (Å²) in [5.41, 5.74) is 0.531. The minimum absolute atomic E-state index is 0.175.